The van der Waals surface area contributed by atoms with Gasteiger partial charge in [-0.3, -0.25) is 4.79 Å². The molecule has 1 amide bonds. The Balaban J connectivity index is 1.78. The first-order valence-electron chi connectivity index (χ1n) is 10.1. The summed E-state index contributed by atoms with van der Waals surface area (Å²) in [6.45, 7) is 4.31. The molecule has 0 aliphatic rings. The second-order valence-electron chi connectivity index (χ2n) is 7.22. The number of pyridine rings is 1. The Bertz CT molecular complexity index is 1460. The Labute approximate surface area is 187 Å². The minimum absolute atomic E-state index is 0.151. The molecule has 7 heteroatoms. The summed E-state index contributed by atoms with van der Waals surface area (Å²) in [5, 5.41) is 3.42. The fourth-order valence-electron chi connectivity index (χ4n) is 3.26. The molecule has 2 heterocycles. The zero-order valence-electron chi connectivity index (χ0n) is 17.7. The molecule has 160 valence electrons. The van der Waals surface area contributed by atoms with Crippen molar-refractivity contribution in [1.82, 2.24) is 14.3 Å². The van der Waals surface area contributed by atoms with E-state index >= 15 is 0 Å². The molecule has 4 rings (SSSR count). The first-order chi connectivity index (χ1) is 15.4. The van der Waals surface area contributed by atoms with E-state index in [4.69, 9.17) is 0 Å². The molecule has 0 bridgehead atoms. The maximum absolute atomic E-state index is 13.4. The van der Waals surface area contributed by atoms with E-state index in [1.165, 1.54) is 3.97 Å². The predicted molar refractivity (Wildman–Crippen MR) is 124 cm³/mol. The highest BCUT2D eigenvalue weighted by Gasteiger charge is 2.23. The molecule has 0 saturated carbocycles. The summed E-state index contributed by atoms with van der Waals surface area (Å²) >= 11 is 0. The third-order valence-corrected chi connectivity index (χ3v) is 6.62. The number of aromatic nitrogens is 2. The lowest BCUT2D eigenvalue weighted by atomic mass is 10.1. The molecule has 2 aromatic heterocycles. The molecule has 0 radical (unpaired) electrons. The third kappa shape index (κ3) is 4.13. The molecule has 0 atom stereocenters. The summed E-state index contributed by atoms with van der Waals surface area (Å²) in [4.78, 5) is 16.4. The van der Waals surface area contributed by atoms with Gasteiger partial charge in [-0.2, -0.15) is 0 Å². The summed E-state index contributed by atoms with van der Waals surface area (Å²) in [7, 11) is -3.90. The van der Waals surface area contributed by atoms with Crippen LogP contribution in [-0.2, 0) is 10.0 Å². The Morgan fingerprint density at radius 3 is 2.44 bits per heavy atom. The fraction of sp³-hybridized carbons (Fsp3) is 0.120. The van der Waals surface area contributed by atoms with Gasteiger partial charge in [-0.25, -0.2) is 17.4 Å². The standard InChI is InChI=1S/C25H21N3O3S/c1-3-26-25(29)20-11-8-19(9-12-20)10-13-22-17-21-5-4-16-27-24(21)28(22)32(30,31)23-14-6-18(2)7-15-23/h4-9,11-12,14-17H,3H2,1-2H3,(H,26,29). The van der Waals surface area contributed by atoms with Crippen LogP contribution < -0.4 is 5.32 Å². The van der Waals surface area contributed by atoms with E-state index in [0.29, 0.717) is 34.4 Å². The number of nitrogens with one attached hydrogen (secondary N) is 1. The molecule has 4 aromatic rings. The van der Waals surface area contributed by atoms with Gasteiger partial charge in [0.05, 0.1) is 4.90 Å². The van der Waals surface area contributed by atoms with E-state index in [9.17, 15) is 13.2 Å². The second kappa shape index (κ2) is 8.69. The van der Waals surface area contributed by atoms with E-state index in [-0.39, 0.29) is 10.8 Å². The fourth-order valence-corrected chi connectivity index (χ4v) is 4.69. The van der Waals surface area contributed by atoms with Gasteiger partial charge in [-0.15, -0.1) is 0 Å². The molecule has 32 heavy (non-hydrogen) atoms. The summed E-state index contributed by atoms with van der Waals surface area (Å²) in [5.41, 5.74) is 2.81. The van der Waals surface area contributed by atoms with Crippen molar-refractivity contribution in [2.24, 2.45) is 0 Å². The topological polar surface area (TPSA) is 81.1 Å². The van der Waals surface area contributed by atoms with Crippen molar-refractivity contribution in [2.75, 3.05) is 6.54 Å². The van der Waals surface area contributed by atoms with Crippen LogP contribution in [0.5, 0.6) is 0 Å². The van der Waals surface area contributed by atoms with Gasteiger partial charge >= 0.3 is 0 Å². The van der Waals surface area contributed by atoms with Gasteiger partial charge in [-0.1, -0.05) is 23.6 Å². The number of benzene rings is 2. The second-order valence-corrected chi connectivity index (χ2v) is 9.00. The Hall–Kier alpha value is -3.89. The number of nitrogens with zero attached hydrogens (tertiary/aromatic N) is 2. The highest BCUT2D eigenvalue weighted by Crippen LogP contribution is 2.24. The molecule has 0 aliphatic heterocycles. The normalized spacial score (nSPS) is 11.1. The summed E-state index contributed by atoms with van der Waals surface area (Å²) in [6.07, 6.45) is 1.56. The molecule has 0 spiro atoms. The van der Waals surface area contributed by atoms with Crippen LogP contribution in [0.25, 0.3) is 11.0 Å². The summed E-state index contributed by atoms with van der Waals surface area (Å²) in [5.74, 6) is 5.82. The number of carbonyl (C=O) groups is 1. The van der Waals surface area contributed by atoms with Crippen molar-refractivity contribution >= 4 is 27.0 Å². The number of rotatable bonds is 4. The quantitative estimate of drug-likeness (QED) is 0.488. The molecule has 1 N–H and O–H groups in total. The van der Waals surface area contributed by atoms with Crippen molar-refractivity contribution in [2.45, 2.75) is 18.7 Å². The van der Waals surface area contributed by atoms with Crippen LogP contribution in [0.15, 0.2) is 77.8 Å². The van der Waals surface area contributed by atoms with Crippen LogP contribution in [0.1, 0.15) is 34.1 Å². The van der Waals surface area contributed by atoms with Gasteiger partial charge < -0.3 is 5.32 Å². The highest BCUT2D eigenvalue weighted by molar-refractivity contribution is 7.90. The minimum atomic E-state index is -3.90. The van der Waals surface area contributed by atoms with Crippen molar-refractivity contribution < 1.29 is 13.2 Å². The lowest BCUT2D eigenvalue weighted by Gasteiger charge is -2.09. The van der Waals surface area contributed by atoms with E-state index in [0.717, 1.165) is 5.56 Å². The minimum Gasteiger partial charge on any atom is -0.352 e. The van der Waals surface area contributed by atoms with E-state index < -0.39 is 10.0 Å². The highest BCUT2D eigenvalue weighted by atomic mass is 32.2. The molecule has 2 aromatic carbocycles. The average molecular weight is 444 g/mol. The van der Waals surface area contributed by atoms with Gasteiger partial charge in [0, 0.05) is 29.3 Å². The zero-order chi connectivity index (χ0) is 22.7. The Kier molecular flexibility index (Phi) is 5.80. The smallest absolute Gasteiger partial charge is 0.270 e. The first kappa shape index (κ1) is 21.3. The van der Waals surface area contributed by atoms with Crippen molar-refractivity contribution in [1.29, 1.82) is 0 Å². The molecule has 0 unspecified atom stereocenters. The van der Waals surface area contributed by atoms with Crippen molar-refractivity contribution in [3.8, 4) is 11.8 Å². The van der Waals surface area contributed by atoms with E-state index in [1.807, 2.05) is 13.8 Å². The largest absolute Gasteiger partial charge is 0.352 e. The van der Waals surface area contributed by atoms with Crippen LogP contribution in [-0.4, -0.2) is 29.8 Å². The maximum Gasteiger partial charge on any atom is 0.270 e. The summed E-state index contributed by atoms with van der Waals surface area (Å²) < 4.78 is 28.1. The monoisotopic (exact) mass is 443 g/mol. The predicted octanol–water partition coefficient (Wildman–Crippen LogP) is 3.73. The maximum atomic E-state index is 13.4. The molecule has 6 nitrogen and oxygen atoms in total. The Morgan fingerprint density at radius 1 is 1.03 bits per heavy atom. The number of hydrogen-bond donors (Lipinski definition) is 1. The number of fused-ring (bicyclic) bond motifs is 1. The molecule has 0 saturated heterocycles. The lowest BCUT2D eigenvalue weighted by molar-refractivity contribution is 0.0956. The lowest BCUT2D eigenvalue weighted by Crippen LogP contribution is -2.22. The Morgan fingerprint density at radius 2 is 1.75 bits per heavy atom. The molecule has 0 aliphatic carbocycles. The van der Waals surface area contributed by atoms with Crippen LogP contribution in [0, 0.1) is 18.8 Å². The average Bonchev–Trinajstić information content (AvgIpc) is 3.18. The number of hydrogen-bond acceptors (Lipinski definition) is 4. The number of carbonyl (C=O) groups excluding carboxylic acids is 1. The molecular weight excluding hydrogens is 422 g/mol. The summed E-state index contributed by atoms with van der Waals surface area (Å²) in [6, 6.07) is 18.8. The number of aryl methyl sites for hydroxylation is 1. The van der Waals surface area contributed by atoms with Gasteiger partial charge in [0.15, 0.2) is 5.65 Å². The van der Waals surface area contributed by atoms with Crippen LogP contribution in [0.3, 0.4) is 0 Å². The van der Waals surface area contributed by atoms with E-state index in [2.05, 4.69) is 22.1 Å². The number of amides is 1. The van der Waals surface area contributed by atoms with Gasteiger partial charge in [0.1, 0.15) is 5.69 Å². The van der Waals surface area contributed by atoms with Crippen LogP contribution in [0.2, 0.25) is 0 Å². The van der Waals surface area contributed by atoms with Crippen LogP contribution >= 0.6 is 0 Å². The van der Waals surface area contributed by atoms with Gasteiger partial charge in [0.2, 0.25) is 0 Å². The molecular formula is C25H21N3O3S. The zero-order valence-corrected chi connectivity index (χ0v) is 18.5. The van der Waals surface area contributed by atoms with E-state index in [1.54, 1.807) is 72.9 Å². The van der Waals surface area contributed by atoms with Crippen molar-refractivity contribution in [3.05, 3.63) is 95.3 Å². The van der Waals surface area contributed by atoms with Gasteiger partial charge in [0.25, 0.3) is 15.9 Å². The first-order valence-corrected chi connectivity index (χ1v) is 11.5. The van der Waals surface area contributed by atoms with Crippen LogP contribution in [0.4, 0.5) is 0 Å². The SMILES string of the molecule is CCNC(=O)c1ccc(C#Cc2cc3cccnc3n2S(=O)(=O)c2ccc(C)cc2)cc1. The van der Waals surface area contributed by atoms with Gasteiger partial charge in [-0.05, 0) is 74.4 Å². The van der Waals surface area contributed by atoms with Crippen molar-refractivity contribution in [3.63, 3.8) is 0 Å². The molecule has 0 fully saturated rings. The third-order valence-electron chi connectivity index (χ3n) is 4.90.